The van der Waals surface area contributed by atoms with Crippen molar-refractivity contribution >= 4 is 28.2 Å². The summed E-state index contributed by atoms with van der Waals surface area (Å²) < 4.78 is 10.7. The van der Waals surface area contributed by atoms with E-state index in [0.717, 1.165) is 16.9 Å². The Hall–Kier alpha value is -2.18. The van der Waals surface area contributed by atoms with Crippen LogP contribution in [-0.4, -0.2) is 25.1 Å². The number of thiophene rings is 1. The molecule has 2 aromatic rings. The summed E-state index contributed by atoms with van der Waals surface area (Å²) in [7, 11) is 0. The smallest absolute Gasteiger partial charge is 0.341 e. The number of rotatable bonds is 9. The van der Waals surface area contributed by atoms with Crippen molar-refractivity contribution in [2.45, 2.75) is 53.6 Å². The number of benzene rings is 1. The number of esters is 1. The van der Waals surface area contributed by atoms with Gasteiger partial charge in [-0.2, -0.15) is 0 Å². The van der Waals surface area contributed by atoms with Crippen LogP contribution >= 0.6 is 11.3 Å². The molecule has 1 N–H and O–H groups in total. The Balaban J connectivity index is 2.06. The van der Waals surface area contributed by atoms with Gasteiger partial charge in [-0.3, -0.25) is 4.79 Å². The van der Waals surface area contributed by atoms with Crippen molar-refractivity contribution in [1.82, 2.24) is 0 Å². The molecule has 0 bridgehead atoms. The molecule has 2 rings (SSSR count). The molecule has 0 radical (unpaired) electrons. The van der Waals surface area contributed by atoms with Gasteiger partial charge in [0.05, 0.1) is 18.8 Å². The summed E-state index contributed by atoms with van der Waals surface area (Å²) in [6.45, 7) is 11.0. The van der Waals surface area contributed by atoms with E-state index in [1.165, 1.54) is 11.3 Å². The molecule has 0 spiro atoms. The van der Waals surface area contributed by atoms with Crippen LogP contribution in [0.2, 0.25) is 0 Å². The first kappa shape index (κ1) is 23.1. The molecule has 1 heterocycles. The highest BCUT2D eigenvalue weighted by Gasteiger charge is 2.24. The minimum absolute atomic E-state index is 0.0814. The van der Waals surface area contributed by atoms with Crippen LogP contribution in [0, 0.1) is 5.41 Å². The van der Waals surface area contributed by atoms with Crippen molar-refractivity contribution < 1.29 is 19.1 Å². The van der Waals surface area contributed by atoms with Crippen LogP contribution in [0.25, 0.3) is 0 Å². The van der Waals surface area contributed by atoms with E-state index in [0.29, 0.717) is 17.2 Å². The minimum atomic E-state index is -0.418. The Morgan fingerprint density at radius 1 is 1.17 bits per heavy atom. The second-order valence-corrected chi connectivity index (χ2v) is 9.39. The lowest BCUT2D eigenvalue weighted by Gasteiger charge is -2.22. The van der Waals surface area contributed by atoms with E-state index >= 15 is 0 Å². The van der Waals surface area contributed by atoms with E-state index in [1.54, 1.807) is 6.92 Å². The SMILES string of the molecule is CCOC(=O)c1cc([C@@H](C)CC(C)(C)C)sc1NC(=O)COCc1ccccc1. The third-order valence-electron chi connectivity index (χ3n) is 4.25. The van der Waals surface area contributed by atoms with Gasteiger partial charge in [0.2, 0.25) is 0 Å². The largest absolute Gasteiger partial charge is 0.462 e. The Morgan fingerprint density at radius 2 is 1.86 bits per heavy atom. The molecule has 1 amide bonds. The fourth-order valence-electron chi connectivity index (χ4n) is 3.12. The van der Waals surface area contributed by atoms with Crippen LogP contribution < -0.4 is 5.32 Å². The lowest BCUT2D eigenvalue weighted by atomic mass is 9.85. The van der Waals surface area contributed by atoms with E-state index in [9.17, 15) is 9.59 Å². The molecule has 1 aromatic carbocycles. The molecule has 1 atom stereocenters. The van der Waals surface area contributed by atoms with E-state index in [1.807, 2.05) is 36.4 Å². The highest BCUT2D eigenvalue weighted by atomic mass is 32.1. The zero-order valence-electron chi connectivity index (χ0n) is 17.9. The summed E-state index contributed by atoms with van der Waals surface area (Å²) in [6, 6.07) is 11.5. The Labute approximate surface area is 177 Å². The predicted molar refractivity (Wildman–Crippen MR) is 117 cm³/mol. The van der Waals surface area contributed by atoms with Gasteiger partial charge in [-0.05, 0) is 36.3 Å². The topological polar surface area (TPSA) is 64.6 Å². The monoisotopic (exact) mass is 417 g/mol. The lowest BCUT2D eigenvalue weighted by Crippen LogP contribution is -2.19. The predicted octanol–water partition coefficient (Wildman–Crippen LogP) is 5.62. The summed E-state index contributed by atoms with van der Waals surface area (Å²) in [5.41, 5.74) is 1.58. The van der Waals surface area contributed by atoms with Gasteiger partial charge in [-0.15, -0.1) is 11.3 Å². The highest BCUT2D eigenvalue weighted by molar-refractivity contribution is 7.16. The van der Waals surface area contributed by atoms with Crippen molar-refractivity contribution in [2.24, 2.45) is 5.41 Å². The first-order valence-electron chi connectivity index (χ1n) is 9.92. The molecule has 0 aliphatic heterocycles. The van der Waals surface area contributed by atoms with Crippen LogP contribution in [0.4, 0.5) is 5.00 Å². The average molecular weight is 418 g/mol. The molecule has 29 heavy (non-hydrogen) atoms. The molecule has 0 saturated carbocycles. The van der Waals surface area contributed by atoms with Crippen LogP contribution in [0.1, 0.15) is 67.8 Å². The maximum Gasteiger partial charge on any atom is 0.341 e. The maximum atomic E-state index is 12.4. The number of hydrogen-bond acceptors (Lipinski definition) is 5. The fraction of sp³-hybridized carbons (Fsp3) is 0.478. The second kappa shape index (κ2) is 10.6. The Morgan fingerprint density at radius 3 is 2.48 bits per heavy atom. The molecule has 0 unspecified atom stereocenters. The number of nitrogens with one attached hydrogen (secondary N) is 1. The third kappa shape index (κ3) is 7.63. The van der Waals surface area contributed by atoms with E-state index in [-0.39, 0.29) is 30.5 Å². The summed E-state index contributed by atoms with van der Waals surface area (Å²) in [6.07, 6.45) is 0.976. The molecule has 6 heteroatoms. The zero-order valence-corrected chi connectivity index (χ0v) is 18.7. The van der Waals surface area contributed by atoms with Gasteiger partial charge in [0, 0.05) is 4.88 Å². The molecule has 0 fully saturated rings. The number of anilines is 1. The maximum absolute atomic E-state index is 12.4. The number of hydrogen-bond donors (Lipinski definition) is 1. The normalized spacial score (nSPS) is 12.4. The lowest BCUT2D eigenvalue weighted by molar-refractivity contribution is -0.120. The fourth-order valence-corrected chi connectivity index (χ4v) is 4.24. The van der Waals surface area contributed by atoms with Gasteiger partial charge in [0.1, 0.15) is 11.6 Å². The molecule has 5 nitrogen and oxygen atoms in total. The summed E-state index contributed by atoms with van der Waals surface area (Å²) in [5.74, 6) is -0.435. The van der Waals surface area contributed by atoms with E-state index in [2.05, 4.69) is 33.0 Å². The van der Waals surface area contributed by atoms with Crippen molar-refractivity contribution in [2.75, 3.05) is 18.5 Å². The number of amides is 1. The second-order valence-electron chi connectivity index (χ2n) is 8.30. The number of ether oxygens (including phenoxy) is 2. The van der Waals surface area contributed by atoms with Crippen LogP contribution in [0.5, 0.6) is 0 Å². The minimum Gasteiger partial charge on any atom is -0.462 e. The van der Waals surface area contributed by atoms with Gasteiger partial charge < -0.3 is 14.8 Å². The molecular weight excluding hydrogens is 386 g/mol. The van der Waals surface area contributed by atoms with Gasteiger partial charge in [-0.1, -0.05) is 58.0 Å². The summed E-state index contributed by atoms with van der Waals surface area (Å²) in [4.78, 5) is 25.8. The quantitative estimate of drug-likeness (QED) is 0.538. The molecule has 0 aliphatic rings. The van der Waals surface area contributed by atoms with Crippen molar-refractivity contribution in [3.05, 3.63) is 52.4 Å². The number of carbonyl (C=O) groups excluding carboxylic acids is 2. The number of carbonyl (C=O) groups is 2. The Bertz CT molecular complexity index is 808. The van der Waals surface area contributed by atoms with E-state index in [4.69, 9.17) is 9.47 Å². The first-order valence-corrected chi connectivity index (χ1v) is 10.7. The average Bonchev–Trinajstić information content (AvgIpc) is 3.05. The van der Waals surface area contributed by atoms with Gasteiger partial charge in [0.15, 0.2) is 0 Å². The highest BCUT2D eigenvalue weighted by Crippen LogP contribution is 2.38. The van der Waals surface area contributed by atoms with Crippen LogP contribution in [0.15, 0.2) is 36.4 Å². The summed E-state index contributed by atoms with van der Waals surface area (Å²) >= 11 is 1.43. The first-order chi connectivity index (χ1) is 13.7. The van der Waals surface area contributed by atoms with Crippen molar-refractivity contribution in [1.29, 1.82) is 0 Å². The molecule has 158 valence electrons. The zero-order chi connectivity index (χ0) is 21.4. The molecular formula is C23H31NO4S. The third-order valence-corrected chi connectivity index (χ3v) is 5.53. The Kier molecular flexibility index (Phi) is 8.41. The van der Waals surface area contributed by atoms with Gasteiger partial charge in [-0.25, -0.2) is 4.79 Å². The van der Waals surface area contributed by atoms with Crippen molar-refractivity contribution in [3.8, 4) is 0 Å². The molecule has 1 aromatic heterocycles. The van der Waals surface area contributed by atoms with Gasteiger partial charge in [0.25, 0.3) is 5.91 Å². The van der Waals surface area contributed by atoms with Crippen LogP contribution in [-0.2, 0) is 20.9 Å². The van der Waals surface area contributed by atoms with Gasteiger partial charge >= 0.3 is 5.97 Å². The molecule has 0 saturated heterocycles. The van der Waals surface area contributed by atoms with Crippen molar-refractivity contribution in [3.63, 3.8) is 0 Å². The van der Waals surface area contributed by atoms with Crippen LogP contribution in [0.3, 0.4) is 0 Å². The summed E-state index contributed by atoms with van der Waals surface area (Å²) in [5, 5.41) is 3.35. The molecule has 0 aliphatic carbocycles. The standard InChI is InChI=1S/C23H31NO4S/c1-6-28-22(26)18-12-19(16(2)13-23(3,4)5)29-21(18)24-20(25)15-27-14-17-10-8-7-9-11-17/h7-12,16H,6,13-15H2,1-5H3,(H,24,25)/t16-/m0/s1. The van der Waals surface area contributed by atoms with E-state index < -0.39 is 5.97 Å².